The van der Waals surface area contributed by atoms with Crippen LogP contribution in [0.15, 0.2) is 0 Å². The average molecular weight is 187 g/mol. The van der Waals surface area contributed by atoms with Gasteiger partial charge in [0, 0.05) is 0 Å². The zero-order valence-corrected chi connectivity index (χ0v) is 9.09. The van der Waals surface area contributed by atoms with Gasteiger partial charge in [-0.2, -0.15) is 0 Å². The van der Waals surface area contributed by atoms with E-state index in [4.69, 9.17) is 5.73 Å². The Morgan fingerprint density at radius 1 is 1.62 bits per heavy atom. The molecule has 3 heteroatoms. The molecule has 3 nitrogen and oxygen atoms in total. The molecule has 0 saturated heterocycles. The summed E-state index contributed by atoms with van der Waals surface area (Å²) in [7, 11) is 1.41. The zero-order valence-electron chi connectivity index (χ0n) is 9.09. The lowest BCUT2D eigenvalue weighted by molar-refractivity contribution is -0.143. The Morgan fingerprint density at radius 3 is 2.46 bits per heavy atom. The third-order valence-electron chi connectivity index (χ3n) is 3.04. The standard InChI is InChI=1S/C10H21NO2/c1-5-8(2)10(3,7-11)6-9(12)13-4/h8H,5-7,11H2,1-4H3. The van der Waals surface area contributed by atoms with Gasteiger partial charge in [-0.05, 0) is 17.9 Å². The van der Waals surface area contributed by atoms with Crippen LogP contribution >= 0.6 is 0 Å². The lowest BCUT2D eigenvalue weighted by Gasteiger charge is -2.32. The van der Waals surface area contributed by atoms with Crippen molar-refractivity contribution < 1.29 is 9.53 Å². The van der Waals surface area contributed by atoms with E-state index in [-0.39, 0.29) is 11.4 Å². The normalized spacial score (nSPS) is 17.6. The van der Waals surface area contributed by atoms with Gasteiger partial charge in [0.2, 0.25) is 0 Å². The summed E-state index contributed by atoms with van der Waals surface area (Å²) in [6.45, 7) is 6.79. The fourth-order valence-electron chi connectivity index (χ4n) is 1.34. The minimum atomic E-state index is -0.173. The van der Waals surface area contributed by atoms with Gasteiger partial charge in [-0.25, -0.2) is 0 Å². The molecule has 78 valence electrons. The maximum absolute atomic E-state index is 11.1. The second-order valence-corrected chi connectivity index (χ2v) is 3.92. The number of rotatable bonds is 5. The monoisotopic (exact) mass is 187 g/mol. The molecule has 13 heavy (non-hydrogen) atoms. The van der Waals surface area contributed by atoms with Gasteiger partial charge in [-0.1, -0.05) is 27.2 Å². The number of esters is 1. The summed E-state index contributed by atoms with van der Waals surface area (Å²) in [4.78, 5) is 11.1. The molecule has 0 aliphatic carbocycles. The molecule has 0 aliphatic heterocycles. The fraction of sp³-hybridized carbons (Fsp3) is 0.900. The molecular weight excluding hydrogens is 166 g/mol. The first-order valence-corrected chi connectivity index (χ1v) is 4.77. The molecule has 2 unspecified atom stereocenters. The Hall–Kier alpha value is -0.570. The van der Waals surface area contributed by atoms with Crippen molar-refractivity contribution >= 4 is 5.97 Å². The summed E-state index contributed by atoms with van der Waals surface area (Å²) >= 11 is 0. The Morgan fingerprint density at radius 2 is 2.15 bits per heavy atom. The number of hydrogen-bond acceptors (Lipinski definition) is 3. The van der Waals surface area contributed by atoms with Crippen molar-refractivity contribution in [2.45, 2.75) is 33.6 Å². The predicted molar refractivity (Wildman–Crippen MR) is 53.2 cm³/mol. The molecule has 0 saturated carbocycles. The predicted octanol–water partition coefficient (Wildman–Crippen LogP) is 1.56. The molecule has 0 aromatic rings. The van der Waals surface area contributed by atoms with Crippen molar-refractivity contribution in [3.8, 4) is 0 Å². The molecule has 0 spiro atoms. The quantitative estimate of drug-likeness (QED) is 0.664. The van der Waals surface area contributed by atoms with E-state index in [1.165, 1.54) is 7.11 Å². The number of nitrogens with two attached hydrogens (primary N) is 1. The van der Waals surface area contributed by atoms with Crippen LogP contribution in [0.5, 0.6) is 0 Å². The first-order chi connectivity index (χ1) is 6.00. The maximum atomic E-state index is 11.1. The molecule has 0 aliphatic rings. The topological polar surface area (TPSA) is 52.3 Å². The summed E-state index contributed by atoms with van der Waals surface area (Å²) < 4.78 is 4.65. The average Bonchev–Trinajstić information content (AvgIpc) is 2.15. The first kappa shape index (κ1) is 12.4. The van der Waals surface area contributed by atoms with Crippen LogP contribution in [0.4, 0.5) is 0 Å². The molecular formula is C10H21NO2. The molecule has 0 aromatic carbocycles. The molecule has 0 radical (unpaired) electrons. The highest BCUT2D eigenvalue weighted by Crippen LogP contribution is 2.32. The van der Waals surface area contributed by atoms with Gasteiger partial charge in [0.25, 0.3) is 0 Å². The van der Waals surface area contributed by atoms with Gasteiger partial charge in [0.15, 0.2) is 0 Å². The summed E-state index contributed by atoms with van der Waals surface area (Å²) in [5, 5.41) is 0. The van der Waals surface area contributed by atoms with Gasteiger partial charge in [-0.15, -0.1) is 0 Å². The Balaban J connectivity index is 4.35. The third kappa shape index (κ3) is 3.35. The summed E-state index contributed by atoms with van der Waals surface area (Å²) in [6, 6.07) is 0. The number of ether oxygens (including phenoxy) is 1. The van der Waals surface area contributed by atoms with Crippen molar-refractivity contribution in [1.82, 2.24) is 0 Å². The van der Waals surface area contributed by atoms with E-state index in [9.17, 15) is 4.79 Å². The third-order valence-corrected chi connectivity index (χ3v) is 3.04. The van der Waals surface area contributed by atoms with Gasteiger partial charge in [0.1, 0.15) is 0 Å². The van der Waals surface area contributed by atoms with Gasteiger partial charge in [-0.3, -0.25) is 4.79 Å². The number of methoxy groups -OCH3 is 1. The maximum Gasteiger partial charge on any atom is 0.306 e. The molecule has 0 bridgehead atoms. The van der Waals surface area contributed by atoms with Crippen LogP contribution in [0.2, 0.25) is 0 Å². The zero-order chi connectivity index (χ0) is 10.5. The van der Waals surface area contributed by atoms with Crippen LogP contribution in [0, 0.1) is 11.3 Å². The van der Waals surface area contributed by atoms with E-state index in [0.29, 0.717) is 18.9 Å². The summed E-state index contributed by atoms with van der Waals surface area (Å²) in [6.07, 6.45) is 1.44. The van der Waals surface area contributed by atoms with Crippen LogP contribution < -0.4 is 5.73 Å². The number of carbonyl (C=O) groups is 1. The highest BCUT2D eigenvalue weighted by molar-refractivity contribution is 5.70. The molecule has 2 N–H and O–H groups in total. The van der Waals surface area contributed by atoms with E-state index in [1.807, 2.05) is 6.92 Å². The lowest BCUT2D eigenvalue weighted by atomic mass is 9.74. The summed E-state index contributed by atoms with van der Waals surface area (Å²) in [5.74, 6) is 0.268. The van der Waals surface area contributed by atoms with E-state index >= 15 is 0 Å². The lowest BCUT2D eigenvalue weighted by Crippen LogP contribution is -2.36. The Bertz CT molecular complexity index is 170. The minimum Gasteiger partial charge on any atom is -0.469 e. The molecule has 0 amide bonds. The van der Waals surface area contributed by atoms with E-state index in [1.54, 1.807) is 0 Å². The minimum absolute atomic E-state index is 0.123. The molecule has 2 atom stereocenters. The van der Waals surface area contributed by atoms with E-state index in [0.717, 1.165) is 6.42 Å². The van der Waals surface area contributed by atoms with Crippen LogP contribution in [-0.4, -0.2) is 19.6 Å². The first-order valence-electron chi connectivity index (χ1n) is 4.77. The van der Waals surface area contributed by atoms with Crippen LogP contribution in [0.25, 0.3) is 0 Å². The molecule has 0 rings (SSSR count). The SMILES string of the molecule is CCC(C)C(C)(CN)CC(=O)OC. The Labute approximate surface area is 80.6 Å². The highest BCUT2D eigenvalue weighted by atomic mass is 16.5. The fourth-order valence-corrected chi connectivity index (χ4v) is 1.34. The highest BCUT2D eigenvalue weighted by Gasteiger charge is 2.31. The second kappa shape index (κ2) is 5.22. The van der Waals surface area contributed by atoms with Crippen LogP contribution in [0.1, 0.15) is 33.6 Å². The van der Waals surface area contributed by atoms with Gasteiger partial charge < -0.3 is 10.5 Å². The van der Waals surface area contributed by atoms with Crippen LogP contribution in [0.3, 0.4) is 0 Å². The smallest absolute Gasteiger partial charge is 0.306 e. The molecule has 0 heterocycles. The van der Waals surface area contributed by atoms with Gasteiger partial charge >= 0.3 is 5.97 Å². The summed E-state index contributed by atoms with van der Waals surface area (Å²) in [5.41, 5.74) is 5.56. The number of hydrogen-bond donors (Lipinski definition) is 1. The van der Waals surface area contributed by atoms with Crippen molar-refractivity contribution in [3.05, 3.63) is 0 Å². The van der Waals surface area contributed by atoms with Crippen LogP contribution in [-0.2, 0) is 9.53 Å². The van der Waals surface area contributed by atoms with E-state index in [2.05, 4.69) is 18.6 Å². The largest absolute Gasteiger partial charge is 0.469 e. The van der Waals surface area contributed by atoms with E-state index < -0.39 is 0 Å². The van der Waals surface area contributed by atoms with Gasteiger partial charge in [0.05, 0.1) is 13.5 Å². The van der Waals surface area contributed by atoms with Crippen molar-refractivity contribution in [2.75, 3.05) is 13.7 Å². The Kier molecular flexibility index (Phi) is 4.99. The molecule has 0 aromatic heterocycles. The van der Waals surface area contributed by atoms with Crippen molar-refractivity contribution in [3.63, 3.8) is 0 Å². The molecule has 0 fully saturated rings. The second-order valence-electron chi connectivity index (χ2n) is 3.92. The van der Waals surface area contributed by atoms with Crippen molar-refractivity contribution in [1.29, 1.82) is 0 Å². The van der Waals surface area contributed by atoms with Crippen molar-refractivity contribution in [2.24, 2.45) is 17.1 Å². The number of carbonyl (C=O) groups excluding carboxylic acids is 1.